The fourth-order valence-corrected chi connectivity index (χ4v) is 5.55. The summed E-state index contributed by atoms with van der Waals surface area (Å²) in [5, 5.41) is 16.5. The Balaban J connectivity index is 1.09. The van der Waals surface area contributed by atoms with Crippen LogP contribution in [-0.2, 0) is 30.7 Å². The summed E-state index contributed by atoms with van der Waals surface area (Å²) in [7, 11) is 0. The summed E-state index contributed by atoms with van der Waals surface area (Å²) in [6.07, 6.45) is 7.98. The highest BCUT2D eigenvalue weighted by Gasteiger charge is 2.28. The van der Waals surface area contributed by atoms with Gasteiger partial charge in [-0.15, -0.1) is 0 Å². The number of nitrogens with one attached hydrogen (secondary N) is 2. The first-order valence-corrected chi connectivity index (χ1v) is 12.7. The highest BCUT2D eigenvalue weighted by atomic mass is 16.3. The number of nitrogens with zero attached hydrogens (tertiary/aromatic N) is 3. The van der Waals surface area contributed by atoms with Gasteiger partial charge in [-0.05, 0) is 36.8 Å². The molecule has 3 heterocycles. The van der Waals surface area contributed by atoms with E-state index in [2.05, 4.69) is 44.8 Å². The molecule has 34 heavy (non-hydrogen) atoms. The molecule has 2 aromatic rings. The van der Waals surface area contributed by atoms with Gasteiger partial charge in [0, 0.05) is 57.3 Å². The van der Waals surface area contributed by atoms with Crippen LogP contribution in [0.5, 0.6) is 0 Å². The van der Waals surface area contributed by atoms with Crippen molar-refractivity contribution in [3.63, 3.8) is 0 Å². The minimum Gasteiger partial charge on any atom is -0.390 e. The number of aliphatic hydroxyl groups excluding tert-OH is 1. The third-order valence-electron chi connectivity index (χ3n) is 7.47. The number of rotatable bonds is 7. The molecule has 1 saturated carbocycles. The van der Waals surface area contributed by atoms with Crippen LogP contribution in [0.15, 0.2) is 30.5 Å². The summed E-state index contributed by atoms with van der Waals surface area (Å²) >= 11 is 0. The minimum atomic E-state index is -0.637. The van der Waals surface area contributed by atoms with E-state index >= 15 is 0 Å². The number of hydrogen-bond acceptors (Lipinski definition) is 5. The number of aliphatic hydroxyl groups is 1. The first-order chi connectivity index (χ1) is 16.5. The van der Waals surface area contributed by atoms with E-state index in [0.717, 1.165) is 63.9 Å². The maximum atomic E-state index is 12.7. The van der Waals surface area contributed by atoms with E-state index in [1.54, 1.807) is 6.20 Å². The Kier molecular flexibility index (Phi) is 6.97. The van der Waals surface area contributed by atoms with Gasteiger partial charge in [-0.3, -0.25) is 14.5 Å². The summed E-state index contributed by atoms with van der Waals surface area (Å²) in [4.78, 5) is 31.9. The molecule has 1 aromatic carbocycles. The number of hydrogen-bond donors (Lipinski definition) is 3. The predicted octanol–water partition coefficient (Wildman–Crippen LogP) is 1.65. The minimum absolute atomic E-state index is 0.0854. The first-order valence-electron chi connectivity index (χ1n) is 12.7. The Morgan fingerprint density at radius 1 is 1.12 bits per heavy atom. The predicted molar refractivity (Wildman–Crippen MR) is 128 cm³/mol. The van der Waals surface area contributed by atoms with Gasteiger partial charge in [-0.2, -0.15) is 0 Å². The van der Waals surface area contributed by atoms with E-state index in [4.69, 9.17) is 0 Å². The molecule has 1 fully saturated rings. The Hall–Kier alpha value is -2.71. The Labute approximate surface area is 200 Å². The Bertz CT molecular complexity index is 1030. The molecular weight excluding hydrogens is 430 g/mol. The molecule has 1 aliphatic carbocycles. The molecule has 0 saturated heterocycles. The van der Waals surface area contributed by atoms with Gasteiger partial charge >= 0.3 is 0 Å². The van der Waals surface area contributed by atoms with Gasteiger partial charge in [0.1, 0.15) is 11.5 Å². The maximum Gasteiger partial charge on any atom is 0.271 e. The summed E-state index contributed by atoms with van der Waals surface area (Å²) in [6.45, 7) is 3.10. The number of carbonyl (C=O) groups is 2. The van der Waals surface area contributed by atoms with Crippen molar-refractivity contribution < 1.29 is 14.7 Å². The number of carbonyl (C=O) groups excluding carboxylic acids is 2. The molecule has 8 nitrogen and oxygen atoms in total. The van der Waals surface area contributed by atoms with Gasteiger partial charge in [-0.1, -0.05) is 37.1 Å². The van der Waals surface area contributed by atoms with Crippen LogP contribution >= 0.6 is 0 Å². The lowest BCUT2D eigenvalue weighted by Gasteiger charge is -2.30. The van der Waals surface area contributed by atoms with Crippen LogP contribution in [0, 0.1) is 5.92 Å². The van der Waals surface area contributed by atoms with E-state index in [1.165, 1.54) is 11.1 Å². The number of aryl methyl sites for hydroxylation is 1. The van der Waals surface area contributed by atoms with Crippen molar-refractivity contribution in [1.29, 1.82) is 0 Å². The molecule has 2 atom stereocenters. The summed E-state index contributed by atoms with van der Waals surface area (Å²) in [5.74, 6) is 0.951. The zero-order valence-corrected chi connectivity index (χ0v) is 19.7. The average molecular weight is 466 g/mol. The monoisotopic (exact) mass is 465 g/mol. The lowest BCUT2D eigenvalue weighted by molar-refractivity contribution is -0.125. The second kappa shape index (κ2) is 10.3. The molecule has 3 N–H and O–H groups in total. The van der Waals surface area contributed by atoms with Crippen molar-refractivity contribution in [3.8, 4) is 0 Å². The van der Waals surface area contributed by atoms with E-state index in [9.17, 15) is 14.7 Å². The molecule has 0 bridgehead atoms. The number of amides is 2. The lowest BCUT2D eigenvalue weighted by atomic mass is 10.00. The second-order valence-corrected chi connectivity index (χ2v) is 10.0. The van der Waals surface area contributed by atoms with Crippen LogP contribution in [0.3, 0.4) is 0 Å². The normalized spacial score (nSPS) is 21.5. The van der Waals surface area contributed by atoms with Gasteiger partial charge in [0.25, 0.3) is 5.91 Å². The van der Waals surface area contributed by atoms with Crippen molar-refractivity contribution in [1.82, 2.24) is 25.1 Å². The Morgan fingerprint density at radius 3 is 2.74 bits per heavy atom. The number of fused-ring (bicyclic) bond motifs is 2. The largest absolute Gasteiger partial charge is 0.390 e. The van der Waals surface area contributed by atoms with E-state index < -0.39 is 6.10 Å². The van der Waals surface area contributed by atoms with Gasteiger partial charge in [0.05, 0.1) is 6.10 Å². The van der Waals surface area contributed by atoms with E-state index in [1.807, 2.05) is 4.57 Å². The fraction of sp³-hybridized carbons (Fsp3) is 0.577. The van der Waals surface area contributed by atoms with Crippen molar-refractivity contribution in [2.75, 3.05) is 19.6 Å². The van der Waals surface area contributed by atoms with Gasteiger partial charge in [-0.25, -0.2) is 4.98 Å². The van der Waals surface area contributed by atoms with Crippen LogP contribution < -0.4 is 10.6 Å². The highest BCUT2D eigenvalue weighted by molar-refractivity contribution is 5.92. The molecule has 5 rings (SSSR count). The summed E-state index contributed by atoms with van der Waals surface area (Å²) in [5.41, 5.74) is 3.06. The molecule has 2 amide bonds. The van der Waals surface area contributed by atoms with Crippen molar-refractivity contribution >= 4 is 11.8 Å². The third-order valence-corrected chi connectivity index (χ3v) is 7.47. The number of β-amino-alcohol motifs (C(OH)–C–C–N with tert-alkyl or cyclic N) is 1. The first kappa shape index (κ1) is 23.1. The van der Waals surface area contributed by atoms with Crippen LogP contribution in [-0.4, -0.2) is 63.2 Å². The second-order valence-electron chi connectivity index (χ2n) is 10.0. The van der Waals surface area contributed by atoms with E-state index in [-0.39, 0.29) is 30.3 Å². The van der Waals surface area contributed by atoms with Crippen LogP contribution in [0.2, 0.25) is 0 Å². The molecule has 3 aliphatic rings. The number of imidazole rings is 1. The van der Waals surface area contributed by atoms with Gasteiger partial charge in [0.15, 0.2) is 0 Å². The number of benzene rings is 1. The van der Waals surface area contributed by atoms with Gasteiger partial charge in [0.2, 0.25) is 5.91 Å². The molecule has 0 spiro atoms. The zero-order chi connectivity index (χ0) is 23.5. The maximum absolute atomic E-state index is 12.7. The molecule has 1 aromatic heterocycles. The third kappa shape index (κ3) is 5.33. The fourth-order valence-electron chi connectivity index (χ4n) is 5.55. The standard InChI is InChI=1S/C26H35N5O3/c32-22(16-30-12-11-18-5-1-4-8-20(18)14-30)13-27-26(34)23-17-31-15-21(9-10-24(31)29-23)28-25(33)19-6-2-3-7-19/h1,4-5,8,17,19,21-22,32H,2-3,6-7,9-16H2,(H,27,34)(H,28,33). The van der Waals surface area contributed by atoms with Crippen LogP contribution in [0.25, 0.3) is 0 Å². The molecule has 0 radical (unpaired) electrons. The highest BCUT2D eigenvalue weighted by Crippen LogP contribution is 2.25. The Morgan fingerprint density at radius 2 is 1.91 bits per heavy atom. The summed E-state index contributed by atoms with van der Waals surface area (Å²) < 4.78 is 1.99. The van der Waals surface area contributed by atoms with Crippen molar-refractivity contribution in [3.05, 3.63) is 53.1 Å². The molecule has 2 unspecified atom stereocenters. The summed E-state index contributed by atoms with van der Waals surface area (Å²) in [6, 6.07) is 8.51. The topological polar surface area (TPSA) is 99.5 Å². The molecule has 2 aliphatic heterocycles. The smallest absolute Gasteiger partial charge is 0.271 e. The quantitative estimate of drug-likeness (QED) is 0.578. The van der Waals surface area contributed by atoms with Crippen LogP contribution in [0.1, 0.15) is 59.5 Å². The van der Waals surface area contributed by atoms with Crippen molar-refractivity contribution in [2.24, 2.45) is 5.92 Å². The average Bonchev–Trinajstić information content (AvgIpc) is 3.52. The molecule has 182 valence electrons. The van der Waals surface area contributed by atoms with E-state index in [0.29, 0.717) is 18.8 Å². The molecular formula is C26H35N5O3. The zero-order valence-electron chi connectivity index (χ0n) is 19.7. The lowest BCUT2D eigenvalue weighted by Crippen LogP contribution is -2.43. The SMILES string of the molecule is O=C(NCC(O)CN1CCc2ccccc2C1)c1cn2c(n1)CCC(NC(=O)C1CCCC1)C2. The van der Waals surface area contributed by atoms with Gasteiger partial charge < -0.3 is 20.3 Å². The van der Waals surface area contributed by atoms with Crippen LogP contribution in [0.4, 0.5) is 0 Å². The van der Waals surface area contributed by atoms with Crippen molar-refractivity contribution in [2.45, 2.75) is 70.2 Å². The molecule has 8 heteroatoms. The number of aromatic nitrogens is 2.